The van der Waals surface area contributed by atoms with E-state index in [9.17, 15) is 12.8 Å². The first-order valence-corrected chi connectivity index (χ1v) is 7.42. The maximum absolute atomic E-state index is 13.2. The molecule has 0 saturated carbocycles. The number of halogens is 1. The summed E-state index contributed by atoms with van der Waals surface area (Å²) >= 11 is 0. The molecule has 108 valence electrons. The van der Waals surface area contributed by atoms with Gasteiger partial charge in [0.05, 0.1) is 11.5 Å². The molecule has 1 aromatic carbocycles. The van der Waals surface area contributed by atoms with Crippen LogP contribution in [0.3, 0.4) is 0 Å². The highest BCUT2D eigenvalue weighted by Crippen LogP contribution is 2.17. The lowest BCUT2D eigenvalue weighted by atomic mass is 10.2. The van der Waals surface area contributed by atoms with E-state index in [0.717, 1.165) is 6.07 Å². The van der Waals surface area contributed by atoms with E-state index in [0.29, 0.717) is 12.0 Å². The monoisotopic (exact) mass is 290 g/mol. The van der Waals surface area contributed by atoms with E-state index in [-0.39, 0.29) is 24.1 Å². The fourth-order valence-corrected chi connectivity index (χ4v) is 3.23. The number of nitrogens with two attached hydrogens (primary N) is 1. The molecule has 1 rings (SSSR count). The molecule has 7 heteroatoms. The van der Waals surface area contributed by atoms with E-state index in [1.165, 1.54) is 19.2 Å². The highest BCUT2D eigenvalue weighted by atomic mass is 32.2. The number of hydrogen-bond donors (Lipinski definition) is 2. The minimum atomic E-state index is -3.81. The van der Waals surface area contributed by atoms with Crippen molar-refractivity contribution >= 4 is 10.0 Å². The van der Waals surface area contributed by atoms with Gasteiger partial charge in [-0.25, -0.2) is 17.5 Å². The van der Waals surface area contributed by atoms with E-state index < -0.39 is 15.8 Å². The first kappa shape index (κ1) is 16.0. The van der Waals surface area contributed by atoms with Crippen LogP contribution in [0, 0.1) is 5.82 Å². The largest absolute Gasteiger partial charge is 0.383 e. The van der Waals surface area contributed by atoms with Crippen LogP contribution in [0.25, 0.3) is 0 Å². The molecule has 1 unspecified atom stereocenters. The van der Waals surface area contributed by atoms with Crippen molar-refractivity contribution in [2.24, 2.45) is 5.73 Å². The molecule has 0 aliphatic rings. The third-order valence-corrected chi connectivity index (χ3v) is 4.32. The minimum absolute atomic E-state index is 0.0254. The molecule has 1 aromatic rings. The first-order chi connectivity index (χ1) is 8.94. The van der Waals surface area contributed by atoms with Gasteiger partial charge in [0.25, 0.3) is 0 Å². The third-order valence-electron chi connectivity index (χ3n) is 2.72. The lowest BCUT2D eigenvalue weighted by Gasteiger charge is -2.17. The predicted octanol–water partition coefficient (Wildman–Crippen LogP) is 0.988. The van der Waals surface area contributed by atoms with Gasteiger partial charge in [-0.15, -0.1) is 0 Å². The van der Waals surface area contributed by atoms with Gasteiger partial charge >= 0.3 is 0 Å². The molecule has 0 aliphatic heterocycles. The average Bonchev–Trinajstić information content (AvgIpc) is 2.38. The number of nitrogens with one attached hydrogen (secondary N) is 1. The zero-order valence-electron chi connectivity index (χ0n) is 11.0. The molecule has 0 aromatic heterocycles. The highest BCUT2D eigenvalue weighted by Gasteiger charge is 2.22. The van der Waals surface area contributed by atoms with Gasteiger partial charge in [-0.1, -0.05) is 13.0 Å². The molecule has 0 radical (unpaired) electrons. The summed E-state index contributed by atoms with van der Waals surface area (Å²) in [7, 11) is -2.32. The lowest BCUT2D eigenvalue weighted by Crippen LogP contribution is -2.38. The predicted molar refractivity (Wildman–Crippen MR) is 70.6 cm³/mol. The van der Waals surface area contributed by atoms with Crippen LogP contribution in [0.4, 0.5) is 4.39 Å². The Morgan fingerprint density at radius 3 is 2.68 bits per heavy atom. The molecule has 0 amide bonds. The normalized spacial score (nSPS) is 13.5. The molecule has 0 spiro atoms. The van der Waals surface area contributed by atoms with E-state index >= 15 is 0 Å². The first-order valence-electron chi connectivity index (χ1n) is 5.94. The molecule has 19 heavy (non-hydrogen) atoms. The Morgan fingerprint density at radius 1 is 1.47 bits per heavy atom. The standard InChI is InChI=1S/C12H19FN2O3S/c1-3-11(8-18-2)15-19(16,17)12-6-10(13)5-4-9(12)7-14/h4-6,11,15H,3,7-8,14H2,1-2H3. The third kappa shape index (κ3) is 4.24. The summed E-state index contributed by atoms with van der Waals surface area (Å²) in [6.45, 7) is 2.11. The van der Waals surface area contributed by atoms with Gasteiger partial charge in [0.2, 0.25) is 10.0 Å². The second kappa shape index (κ2) is 6.95. The van der Waals surface area contributed by atoms with Crippen molar-refractivity contribution < 1.29 is 17.5 Å². The number of sulfonamides is 1. The summed E-state index contributed by atoms with van der Waals surface area (Å²) in [5.41, 5.74) is 5.86. The number of ether oxygens (including phenoxy) is 1. The fraction of sp³-hybridized carbons (Fsp3) is 0.500. The van der Waals surface area contributed by atoms with Gasteiger partial charge in [0.1, 0.15) is 5.82 Å². The van der Waals surface area contributed by atoms with E-state index in [1.54, 1.807) is 0 Å². The molecule has 0 heterocycles. The van der Waals surface area contributed by atoms with Gasteiger partial charge in [0, 0.05) is 19.7 Å². The molecule has 1 atom stereocenters. The zero-order valence-corrected chi connectivity index (χ0v) is 11.8. The van der Waals surface area contributed by atoms with E-state index in [1.807, 2.05) is 6.92 Å². The molecule has 0 aliphatic carbocycles. The van der Waals surface area contributed by atoms with Gasteiger partial charge < -0.3 is 10.5 Å². The van der Waals surface area contributed by atoms with E-state index in [4.69, 9.17) is 10.5 Å². The molecule has 0 saturated heterocycles. The van der Waals surface area contributed by atoms with Crippen LogP contribution in [-0.4, -0.2) is 28.2 Å². The second-order valence-corrected chi connectivity index (χ2v) is 5.82. The summed E-state index contributed by atoms with van der Waals surface area (Å²) in [5, 5.41) is 0. The molecular weight excluding hydrogens is 271 g/mol. The van der Waals surface area contributed by atoms with Crippen molar-refractivity contribution in [3.63, 3.8) is 0 Å². The summed E-state index contributed by atoms with van der Waals surface area (Å²) < 4.78 is 45.1. The van der Waals surface area contributed by atoms with Crippen molar-refractivity contribution in [1.29, 1.82) is 0 Å². The molecule has 0 bridgehead atoms. The van der Waals surface area contributed by atoms with Gasteiger partial charge in [-0.05, 0) is 24.1 Å². The van der Waals surface area contributed by atoms with Crippen LogP contribution < -0.4 is 10.5 Å². The summed E-state index contributed by atoms with van der Waals surface area (Å²) in [5.74, 6) is -0.614. The summed E-state index contributed by atoms with van der Waals surface area (Å²) in [6.07, 6.45) is 0.570. The Labute approximate surface area is 113 Å². The Balaban J connectivity index is 3.09. The van der Waals surface area contributed by atoms with Crippen molar-refractivity contribution in [3.05, 3.63) is 29.6 Å². The maximum atomic E-state index is 13.2. The Hall–Kier alpha value is -1.02. The van der Waals surface area contributed by atoms with Crippen LogP contribution in [0.1, 0.15) is 18.9 Å². The van der Waals surface area contributed by atoms with Crippen molar-refractivity contribution in [3.8, 4) is 0 Å². The van der Waals surface area contributed by atoms with Crippen molar-refractivity contribution in [2.45, 2.75) is 30.8 Å². The zero-order chi connectivity index (χ0) is 14.5. The quantitative estimate of drug-likeness (QED) is 0.784. The average molecular weight is 290 g/mol. The highest BCUT2D eigenvalue weighted by molar-refractivity contribution is 7.89. The van der Waals surface area contributed by atoms with Crippen LogP contribution in [-0.2, 0) is 21.3 Å². The molecule has 3 N–H and O–H groups in total. The molecular formula is C12H19FN2O3S. The molecule has 5 nitrogen and oxygen atoms in total. The van der Waals surface area contributed by atoms with Gasteiger partial charge in [0.15, 0.2) is 0 Å². The van der Waals surface area contributed by atoms with Gasteiger partial charge in [-0.3, -0.25) is 0 Å². The van der Waals surface area contributed by atoms with Crippen molar-refractivity contribution in [1.82, 2.24) is 4.72 Å². The van der Waals surface area contributed by atoms with Crippen LogP contribution >= 0.6 is 0 Å². The fourth-order valence-electron chi connectivity index (χ4n) is 1.67. The SMILES string of the molecule is CCC(COC)NS(=O)(=O)c1cc(F)ccc1CN. The van der Waals surface area contributed by atoms with E-state index in [2.05, 4.69) is 4.72 Å². The van der Waals surface area contributed by atoms with Crippen LogP contribution in [0.15, 0.2) is 23.1 Å². The summed E-state index contributed by atoms with van der Waals surface area (Å²) in [4.78, 5) is -0.121. The number of rotatable bonds is 7. The lowest BCUT2D eigenvalue weighted by molar-refractivity contribution is 0.173. The Bertz CT molecular complexity index is 520. The summed E-state index contributed by atoms with van der Waals surface area (Å²) in [6, 6.07) is 3.18. The van der Waals surface area contributed by atoms with Crippen molar-refractivity contribution in [2.75, 3.05) is 13.7 Å². The number of hydrogen-bond acceptors (Lipinski definition) is 4. The number of methoxy groups -OCH3 is 1. The second-order valence-electron chi connectivity index (χ2n) is 4.14. The Morgan fingerprint density at radius 2 is 2.16 bits per heavy atom. The van der Waals surface area contributed by atoms with Crippen LogP contribution in [0.2, 0.25) is 0 Å². The number of benzene rings is 1. The topological polar surface area (TPSA) is 81.4 Å². The smallest absolute Gasteiger partial charge is 0.241 e. The van der Waals surface area contributed by atoms with Crippen LogP contribution in [0.5, 0.6) is 0 Å². The van der Waals surface area contributed by atoms with Gasteiger partial charge in [-0.2, -0.15) is 0 Å². The maximum Gasteiger partial charge on any atom is 0.241 e. The molecule has 0 fully saturated rings. The Kier molecular flexibility index (Phi) is 5.86. The minimum Gasteiger partial charge on any atom is -0.383 e.